The van der Waals surface area contributed by atoms with Gasteiger partial charge in [0, 0.05) is 6.42 Å². The molecule has 0 aliphatic heterocycles. The fraction of sp³-hybridized carbons (Fsp3) is 0.286. The van der Waals surface area contributed by atoms with Gasteiger partial charge in [0.25, 0.3) is 0 Å². The Morgan fingerprint density at radius 1 is 1.08 bits per heavy atom. The third-order valence-corrected chi connectivity index (χ3v) is 5.91. The van der Waals surface area contributed by atoms with Gasteiger partial charge in [0.1, 0.15) is 0 Å². The van der Waals surface area contributed by atoms with Crippen LogP contribution in [-0.4, -0.2) is 10.1 Å². The highest BCUT2D eigenvalue weighted by Gasteiger charge is 2.19. The number of aromatic amines is 1. The Morgan fingerprint density at radius 2 is 1.92 bits per heavy atom. The van der Waals surface area contributed by atoms with Gasteiger partial charge in [-0.05, 0) is 53.9 Å². The number of benzene rings is 2. The van der Waals surface area contributed by atoms with E-state index in [0.717, 1.165) is 36.2 Å². The Labute approximate surface area is 151 Å². The van der Waals surface area contributed by atoms with Crippen LogP contribution in [0, 0.1) is 5.92 Å². The molecule has 1 aliphatic rings. The van der Waals surface area contributed by atoms with Gasteiger partial charge >= 0.3 is 4.87 Å². The van der Waals surface area contributed by atoms with Crippen LogP contribution in [0.2, 0.25) is 0 Å². The molecule has 0 spiro atoms. The van der Waals surface area contributed by atoms with E-state index in [1.807, 2.05) is 0 Å². The lowest BCUT2D eigenvalue weighted by atomic mass is 9.80. The van der Waals surface area contributed by atoms with Crippen molar-refractivity contribution in [2.45, 2.75) is 32.1 Å². The highest BCUT2D eigenvalue weighted by molar-refractivity contribution is 7.09. The molecule has 1 atom stereocenters. The zero-order valence-electron chi connectivity index (χ0n) is 14.0. The van der Waals surface area contributed by atoms with Crippen LogP contribution in [0.4, 0.5) is 0 Å². The van der Waals surface area contributed by atoms with E-state index in [-0.39, 0.29) is 10.8 Å². The summed E-state index contributed by atoms with van der Waals surface area (Å²) in [4.78, 5) is 14.3. The predicted octanol–water partition coefficient (Wildman–Crippen LogP) is 4.08. The number of aryl methyl sites for hydroxylation is 1. The van der Waals surface area contributed by atoms with Crippen molar-refractivity contribution in [1.82, 2.24) is 4.98 Å². The average molecular weight is 351 g/mol. The first kappa shape index (κ1) is 16.2. The number of rotatable bonds is 4. The smallest absolute Gasteiger partial charge is 0.307 e. The van der Waals surface area contributed by atoms with Crippen molar-refractivity contribution in [2.75, 3.05) is 0 Å². The third-order valence-electron chi connectivity index (χ3n) is 5.03. The molecule has 1 unspecified atom stereocenters. The molecule has 0 saturated heterocycles. The van der Waals surface area contributed by atoms with Gasteiger partial charge in [-0.3, -0.25) is 9.78 Å². The minimum absolute atomic E-state index is 0.00896. The molecule has 4 heteroatoms. The first-order valence-corrected chi connectivity index (χ1v) is 9.54. The van der Waals surface area contributed by atoms with E-state index in [9.17, 15) is 9.90 Å². The maximum Gasteiger partial charge on any atom is 0.307 e. The van der Waals surface area contributed by atoms with Gasteiger partial charge in [0.2, 0.25) is 5.88 Å². The van der Waals surface area contributed by atoms with Gasteiger partial charge in [-0.2, -0.15) is 0 Å². The number of H-pyrrole nitrogens is 1. The third kappa shape index (κ3) is 3.69. The monoisotopic (exact) mass is 351 g/mol. The molecule has 0 amide bonds. The van der Waals surface area contributed by atoms with E-state index in [1.165, 1.54) is 23.1 Å². The molecule has 0 saturated carbocycles. The van der Waals surface area contributed by atoms with Gasteiger partial charge in [-0.25, -0.2) is 0 Å². The average Bonchev–Trinajstić information content (AvgIpc) is 2.93. The molecule has 128 valence electrons. The molecule has 0 bridgehead atoms. The summed E-state index contributed by atoms with van der Waals surface area (Å²) in [7, 11) is 0. The Kier molecular flexibility index (Phi) is 4.45. The van der Waals surface area contributed by atoms with Crippen molar-refractivity contribution in [1.29, 1.82) is 0 Å². The number of hydrogen-bond donors (Lipinski definition) is 2. The fourth-order valence-electron chi connectivity index (χ4n) is 3.77. The molecule has 1 heterocycles. The predicted molar refractivity (Wildman–Crippen MR) is 102 cm³/mol. The lowest BCUT2D eigenvalue weighted by Crippen LogP contribution is -2.16. The van der Waals surface area contributed by atoms with Crippen LogP contribution in [0.5, 0.6) is 5.88 Å². The summed E-state index contributed by atoms with van der Waals surface area (Å²) in [5.74, 6) is 0.691. The molecule has 2 N–H and O–H groups in total. The van der Waals surface area contributed by atoms with Crippen LogP contribution in [-0.2, 0) is 25.7 Å². The topological polar surface area (TPSA) is 53.1 Å². The second kappa shape index (κ2) is 6.89. The molecular formula is C21H21NO2S. The molecule has 4 rings (SSSR count). The molecule has 25 heavy (non-hydrogen) atoms. The van der Waals surface area contributed by atoms with Crippen molar-refractivity contribution < 1.29 is 5.11 Å². The van der Waals surface area contributed by atoms with Crippen LogP contribution in [0.3, 0.4) is 0 Å². The van der Waals surface area contributed by atoms with Crippen LogP contribution < -0.4 is 4.87 Å². The fourth-order valence-corrected chi connectivity index (χ4v) is 4.53. The second-order valence-electron chi connectivity index (χ2n) is 6.86. The minimum Gasteiger partial charge on any atom is -0.494 e. The van der Waals surface area contributed by atoms with Crippen molar-refractivity contribution in [3.05, 3.63) is 85.3 Å². The zero-order valence-corrected chi connectivity index (χ0v) is 14.8. The molecule has 0 radical (unpaired) electrons. The Morgan fingerprint density at radius 3 is 2.68 bits per heavy atom. The van der Waals surface area contributed by atoms with Gasteiger partial charge < -0.3 is 5.11 Å². The lowest BCUT2D eigenvalue weighted by Gasteiger charge is -2.25. The van der Waals surface area contributed by atoms with E-state index in [4.69, 9.17) is 0 Å². The summed E-state index contributed by atoms with van der Waals surface area (Å²) >= 11 is 1.09. The van der Waals surface area contributed by atoms with Crippen LogP contribution in [0.1, 0.15) is 33.6 Å². The highest BCUT2D eigenvalue weighted by Crippen LogP contribution is 2.30. The standard InChI is InChI=1S/C21H21NO2S/c23-20-19(25-21(24)22-20)13-16-7-9-17-8-6-15(11-18(17)12-16)10-14-4-2-1-3-5-14/h1-5,7,9,12,15,23H,6,8,10-11,13H2,(H,22,24). The quantitative estimate of drug-likeness (QED) is 0.744. The Balaban J connectivity index is 1.51. The normalized spacial score (nSPS) is 16.6. The van der Waals surface area contributed by atoms with Crippen LogP contribution >= 0.6 is 11.3 Å². The summed E-state index contributed by atoms with van der Waals surface area (Å²) in [5.41, 5.74) is 5.44. The molecule has 2 aromatic carbocycles. The summed E-state index contributed by atoms with van der Waals surface area (Å²) in [6.45, 7) is 0. The number of aromatic hydroxyl groups is 1. The highest BCUT2D eigenvalue weighted by atomic mass is 32.1. The van der Waals surface area contributed by atoms with E-state index in [0.29, 0.717) is 17.2 Å². The first-order chi connectivity index (χ1) is 12.2. The Hall–Kier alpha value is -2.33. The van der Waals surface area contributed by atoms with E-state index < -0.39 is 0 Å². The number of thiazole rings is 1. The van der Waals surface area contributed by atoms with E-state index >= 15 is 0 Å². The molecule has 1 aliphatic carbocycles. The number of nitrogens with one attached hydrogen (secondary N) is 1. The molecule has 1 aromatic heterocycles. The van der Waals surface area contributed by atoms with Crippen molar-refractivity contribution in [3.63, 3.8) is 0 Å². The first-order valence-electron chi connectivity index (χ1n) is 8.73. The molecular weight excluding hydrogens is 330 g/mol. The van der Waals surface area contributed by atoms with Crippen molar-refractivity contribution in [3.8, 4) is 5.88 Å². The summed E-state index contributed by atoms with van der Waals surface area (Å²) in [5, 5.41) is 9.79. The van der Waals surface area contributed by atoms with Crippen molar-refractivity contribution >= 4 is 11.3 Å². The molecule has 0 fully saturated rings. The van der Waals surface area contributed by atoms with Gasteiger partial charge in [0.15, 0.2) is 0 Å². The largest absolute Gasteiger partial charge is 0.494 e. The van der Waals surface area contributed by atoms with E-state index in [1.54, 1.807) is 0 Å². The zero-order chi connectivity index (χ0) is 17.2. The van der Waals surface area contributed by atoms with Crippen molar-refractivity contribution in [2.24, 2.45) is 5.92 Å². The van der Waals surface area contributed by atoms with E-state index in [2.05, 4.69) is 53.5 Å². The number of fused-ring (bicyclic) bond motifs is 1. The second-order valence-corrected chi connectivity index (χ2v) is 7.93. The van der Waals surface area contributed by atoms with Gasteiger partial charge in [-0.1, -0.05) is 59.9 Å². The molecule has 3 aromatic rings. The molecule has 3 nitrogen and oxygen atoms in total. The summed E-state index contributed by atoms with van der Waals surface area (Å²) < 4.78 is 0. The number of hydrogen-bond acceptors (Lipinski definition) is 3. The minimum atomic E-state index is -0.201. The Bertz CT molecular complexity index is 927. The van der Waals surface area contributed by atoms with Gasteiger partial charge in [-0.15, -0.1) is 0 Å². The summed E-state index contributed by atoms with van der Waals surface area (Å²) in [6, 6.07) is 17.3. The number of aromatic nitrogens is 1. The van der Waals surface area contributed by atoms with Gasteiger partial charge in [0.05, 0.1) is 4.88 Å². The SMILES string of the molecule is O=c1[nH]c(O)c(Cc2ccc3c(c2)CC(Cc2ccccc2)CC3)s1. The lowest BCUT2D eigenvalue weighted by molar-refractivity contribution is 0.450. The van der Waals surface area contributed by atoms with Crippen LogP contribution in [0.15, 0.2) is 53.3 Å². The summed E-state index contributed by atoms with van der Waals surface area (Å²) in [6.07, 6.45) is 5.21. The van der Waals surface area contributed by atoms with Crippen LogP contribution in [0.25, 0.3) is 0 Å². The maximum atomic E-state index is 11.4. The maximum absolute atomic E-state index is 11.4.